The maximum absolute atomic E-state index is 15.0. The van der Waals surface area contributed by atoms with Crippen molar-refractivity contribution in [3.8, 4) is 5.75 Å². The zero-order valence-electron chi connectivity index (χ0n) is 28.9. The molecule has 3 aromatic carbocycles. The number of aromatic nitrogens is 3. The van der Waals surface area contributed by atoms with Crippen LogP contribution in [0.4, 0.5) is 8.78 Å². The highest BCUT2D eigenvalue weighted by Gasteiger charge is 2.44. The highest BCUT2D eigenvalue weighted by Crippen LogP contribution is 2.47. The first-order valence-corrected chi connectivity index (χ1v) is 18.2. The van der Waals surface area contributed by atoms with Gasteiger partial charge in [0.2, 0.25) is 0 Å². The fraction of sp³-hybridized carbons (Fsp3) is 0.476. The average Bonchev–Trinajstić information content (AvgIpc) is 3.88. The van der Waals surface area contributed by atoms with E-state index in [1.54, 1.807) is 11.0 Å². The number of hydrogen-bond acceptors (Lipinski definition) is 4. The molecular formula is C42H49F2N3O2. The summed E-state index contributed by atoms with van der Waals surface area (Å²) in [5, 5.41) is 4.20. The van der Waals surface area contributed by atoms with E-state index < -0.39 is 17.2 Å². The Labute approximate surface area is 289 Å². The van der Waals surface area contributed by atoms with Crippen LogP contribution in [0, 0.1) is 29.4 Å². The summed E-state index contributed by atoms with van der Waals surface area (Å²) in [7, 11) is 0. The molecule has 0 N–H and O–H groups in total. The third kappa shape index (κ3) is 7.23. The standard InChI is InChI=1S/C42H49F2N3O2/c1-4-28(2)38-18-19-39(29(38)3)35-11-9-33(10-12-35)31-5-7-32(8-6-31)34-13-16-37(17-14-34)48-23-30-22-42(49-24-30,25-47-27-45-26-46-47)40-20-15-36(43)21-41(40)44/h9-17,20-21,26-28,30-32,38-39H,3-8,18-19,22-25H2,1-2H3/t28-,30+,31?,32?,38+,39+,42-/m0/s1. The minimum absolute atomic E-state index is 0.0376. The molecule has 3 fully saturated rings. The zero-order valence-corrected chi connectivity index (χ0v) is 28.9. The molecule has 0 amide bonds. The molecule has 2 saturated carbocycles. The van der Waals surface area contributed by atoms with Crippen LogP contribution in [-0.2, 0) is 16.9 Å². The molecule has 258 valence electrons. The Morgan fingerprint density at radius 2 is 1.59 bits per heavy atom. The van der Waals surface area contributed by atoms with Crippen molar-refractivity contribution in [2.45, 2.75) is 95.1 Å². The van der Waals surface area contributed by atoms with Gasteiger partial charge in [0.15, 0.2) is 0 Å². The topological polar surface area (TPSA) is 49.2 Å². The Morgan fingerprint density at radius 1 is 0.918 bits per heavy atom. The van der Waals surface area contributed by atoms with Crippen LogP contribution in [0.3, 0.4) is 0 Å². The molecule has 3 aliphatic rings. The van der Waals surface area contributed by atoms with Crippen molar-refractivity contribution in [3.05, 3.63) is 125 Å². The predicted octanol–water partition coefficient (Wildman–Crippen LogP) is 10.1. The second-order valence-electron chi connectivity index (χ2n) is 14.9. The van der Waals surface area contributed by atoms with E-state index in [1.165, 1.54) is 85.7 Å². The average molecular weight is 666 g/mol. The number of rotatable bonds is 11. The minimum Gasteiger partial charge on any atom is -0.493 e. The van der Waals surface area contributed by atoms with E-state index in [0.717, 1.165) is 17.7 Å². The fourth-order valence-corrected chi connectivity index (χ4v) is 8.89. The molecule has 1 aliphatic heterocycles. The first kappa shape index (κ1) is 33.6. The first-order valence-electron chi connectivity index (χ1n) is 18.2. The van der Waals surface area contributed by atoms with Crippen LogP contribution in [0.2, 0.25) is 0 Å². The lowest BCUT2D eigenvalue weighted by Gasteiger charge is -2.29. The normalized spacial score (nSPS) is 27.8. The summed E-state index contributed by atoms with van der Waals surface area (Å²) in [6.45, 7) is 10.3. The Balaban J connectivity index is 0.910. The van der Waals surface area contributed by atoms with Gasteiger partial charge < -0.3 is 9.47 Å². The van der Waals surface area contributed by atoms with Crippen LogP contribution in [0.5, 0.6) is 5.75 Å². The molecule has 2 aliphatic carbocycles. The van der Waals surface area contributed by atoms with Gasteiger partial charge >= 0.3 is 0 Å². The van der Waals surface area contributed by atoms with Gasteiger partial charge in [0.25, 0.3) is 0 Å². The zero-order chi connectivity index (χ0) is 34.0. The molecule has 1 saturated heterocycles. The van der Waals surface area contributed by atoms with Crippen molar-refractivity contribution in [1.82, 2.24) is 14.8 Å². The summed E-state index contributed by atoms with van der Waals surface area (Å²) in [6.07, 6.45) is 12.1. The lowest BCUT2D eigenvalue weighted by Crippen LogP contribution is -2.32. The van der Waals surface area contributed by atoms with Crippen LogP contribution < -0.4 is 4.74 Å². The quantitative estimate of drug-likeness (QED) is 0.150. The third-order valence-corrected chi connectivity index (χ3v) is 11.9. The molecule has 0 radical (unpaired) electrons. The smallest absolute Gasteiger partial charge is 0.137 e. The number of allylic oxidation sites excluding steroid dienone is 1. The van der Waals surface area contributed by atoms with Crippen LogP contribution in [0.1, 0.15) is 105 Å². The van der Waals surface area contributed by atoms with Gasteiger partial charge in [-0.25, -0.2) is 18.4 Å². The number of nitrogens with zero attached hydrogens (tertiary/aromatic N) is 3. The second-order valence-corrected chi connectivity index (χ2v) is 14.9. The Morgan fingerprint density at radius 3 is 2.22 bits per heavy atom. The van der Waals surface area contributed by atoms with Gasteiger partial charge in [-0.15, -0.1) is 0 Å². The highest BCUT2D eigenvalue weighted by molar-refractivity contribution is 5.36. The molecule has 7 heteroatoms. The maximum Gasteiger partial charge on any atom is 0.137 e. The molecule has 1 aromatic heterocycles. The number of benzene rings is 3. The van der Waals surface area contributed by atoms with Gasteiger partial charge in [-0.1, -0.05) is 74.9 Å². The molecule has 0 spiro atoms. The van der Waals surface area contributed by atoms with Gasteiger partial charge in [0, 0.05) is 23.5 Å². The summed E-state index contributed by atoms with van der Waals surface area (Å²) in [4.78, 5) is 4.02. The van der Waals surface area contributed by atoms with Crippen LogP contribution in [0.15, 0.2) is 91.5 Å². The van der Waals surface area contributed by atoms with Gasteiger partial charge in [-0.2, -0.15) is 5.10 Å². The van der Waals surface area contributed by atoms with E-state index in [0.29, 0.717) is 48.9 Å². The summed E-state index contributed by atoms with van der Waals surface area (Å²) in [6, 6.07) is 21.8. The van der Waals surface area contributed by atoms with Crippen molar-refractivity contribution >= 4 is 0 Å². The van der Waals surface area contributed by atoms with Crippen molar-refractivity contribution < 1.29 is 18.3 Å². The van der Waals surface area contributed by atoms with E-state index in [2.05, 4.69) is 79.0 Å². The molecule has 5 nitrogen and oxygen atoms in total. The van der Waals surface area contributed by atoms with Crippen molar-refractivity contribution in [2.75, 3.05) is 13.2 Å². The molecule has 49 heavy (non-hydrogen) atoms. The molecule has 4 aromatic rings. The minimum atomic E-state index is -0.980. The maximum atomic E-state index is 15.0. The van der Waals surface area contributed by atoms with Crippen LogP contribution in [0.25, 0.3) is 0 Å². The van der Waals surface area contributed by atoms with E-state index in [4.69, 9.17) is 9.47 Å². The fourth-order valence-electron chi connectivity index (χ4n) is 8.89. The largest absolute Gasteiger partial charge is 0.493 e. The van der Waals surface area contributed by atoms with Crippen LogP contribution >= 0.6 is 0 Å². The van der Waals surface area contributed by atoms with Gasteiger partial charge in [-0.3, -0.25) is 0 Å². The summed E-state index contributed by atoms with van der Waals surface area (Å²) in [5.74, 6) is 2.73. The number of hydrogen-bond donors (Lipinski definition) is 0. The van der Waals surface area contributed by atoms with Crippen molar-refractivity contribution in [1.29, 1.82) is 0 Å². The summed E-state index contributed by atoms with van der Waals surface area (Å²) >= 11 is 0. The Bertz CT molecular complexity index is 1700. The van der Waals surface area contributed by atoms with Gasteiger partial charge in [0.1, 0.15) is 35.6 Å². The van der Waals surface area contributed by atoms with E-state index in [-0.39, 0.29) is 12.5 Å². The lowest BCUT2D eigenvalue weighted by atomic mass is 9.76. The molecule has 5 atom stereocenters. The molecule has 0 unspecified atom stereocenters. The Hall–Kier alpha value is -3.84. The SMILES string of the molecule is C=C1[C@H](c2ccc(C3CCC(c4ccc(OC[C@@H]5CO[C@@](Cn6cncn6)(c6ccc(F)cc6F)C5)cc4)CC3)cc2)CC[C@@H]1[C@@H](C)CC. The van der Waals surface area contributed by atoms with E-state index in [9.17, 15) is 8.78 Å². The number of halogens is 2. The molecular weight excluding hydrogens is 616 g/mol. The van der Waals surface area contributed by atoms with E-state index in [1.807, 2.05) is 0 Å². The highest BCUT2D eigenvalue weighted by atomic mass is 19.1. The predicted molar refractivity (Wildman–Crippen MR) is 189 cm³/mol. The summed E-state index contributed by atoms with van der Waals surface area (Å²) < 4.78 is 42.8. The second kappa shape index (κ2) is 14.6. The van der Waals surface area contributed by atoms with Gasteiger partial charge in [0.05, 0.1) is 19.8 Å². The summed E-state index contributed by atoms with van der Waals surface area (Å²) in [5.41, 5.74) is 5.10. The third-order valence-electron chi connectivity index (χ3n) is 11.9. The number of ether oxygens (including phenoxy) is 2. The van der Waals surface area contributed by atoms with Crippen molar-refractivity contribution in [3.63, 3.8) is 0 Å². The first-order chi connectivity index (χ1) is 23.8. The molecule has 2 heterocycles. The monoisotopic (exact) mass is 665 g/mol. The van der Waals surface area contributed by atoms with E-state index >= 15 is 0 Å². The Kier molecular flexibility index (Phi) is 10.00. The van der Waals surface area contributed by atoms with Gasteiger partial charge in [-0.05, 0) is 104 Å². The molecule has 7 rings (SSSR count). The van der Waals surface area contributed by atoms with Crippen molar-refractivity contribution in [2.24, 2.45) is 17.8 Å². The molecule has 0 bridgehead atoms. The van der Waals surface area contributed by atoms with Crippen LogP contribution in [-0.4, -0.2) is 28.0 Å². The lowest BCUT2D eigenvalue weighted by molar-refractivity contribution is -0.0206.